The summed E-state index contributed by atoms with van der Waals surface area (Å²) in [5.74, 6) is 1.91. The molecule has 3 heteroatoms. The van der Waals surface area contributed by atoms with Crippen LogP contribution in [0.25, 0.3) is 11.3 Å². The lowest BCUT2D eigenvalue weighted by molar-refractivity contribution is 0.226. The number of benzene rings is 2. The van der Waals surface area contributed by atoms with Crippen LogP contribution in [-0.2, 0) is 19.5 Å². The van der Waals surface area contributed by atoms with Gasteiger partial charge in [0, 0.05) is 23.7 Å². The van der Waals surface area contributed by atoms with E-state index in [4.69, 9.17) is 16.0 Å². The second kappa shape index (κ2) is 6.23. The van der Waals surface area contributed by atoms with Gasteiger partial charge in [0.1, 0.15) is 11.5 Å². The molecule has 0 saturated heterocycles. The van der Waals surface area contributed by atoms with Crippen LogP contribution in [0.5, 0.6) is 0 Å². The van der Waals surface area contributed by atoms with Gasteiger partial charge in [0.15, 0.2) is 0 Å². The summed E-state index contributed by atoms with van der Waals surface area (Å²) in [6.45, 7) is 2.92. The van der Waals surface area contributed by atoms with E-state index in [9.17, 15) is 0 Å². The maximum atomic E-state index is 6.02. The van der Waals surface area contributed by atoms with E-state index in [1.54, 1.807) is 0 Å². The van der Waals surface area contributed by atoms with Crippen molar-refractivity contribution in [2.45, 2.75) is 19.5 Å². The van der Waals surface area contributed by atoms with E-state index in [0.717, 1.165) is 48.2 Å². The van der Waals surface area contributed by atoms with Crippen molar-refractivity contribution in [1.29, 1.82) is 0 Å². The van der Waals surface area contributed by atoms with Crippen molar-refractivity contribution in [3.05, 3.63) is 82.6 Å². The van der Waals surface area contributed by atoms with Crippen LogP contribution < -0.4 is 0 Å². The number of furan rings is 1. The van der Waals surface area contributed by atoms with Crippen LogP contribution in [-0.4, -0.2) is 11.4 Å². The summed E-state index contributed by atoms with van der Waals surface area (Å²) in [5, 5.41) is 0.743. The molecule has 4 rings (SSSR count). The Kier molecular flexibility index (Phi) is 3.94. The fourth-order valence-corrected chi connectivity index (χ4v) is 3.27. The number of fused-ring (bicyclic) bond motifs is 1. The predicted octanol–water partition coefficient (Wildman–Crippen LogP) is 5.16. The van der Waals surface area contributed by atoms with Gasteiger partial charge < -0.3 is 4.42 Å². The monoisotopic (exact) mass is 323 g/mol. The molecule has 0 atom stereocenters. The van der Waals surface area contributed by atoms with Crippen LogP contribution in [0.1, 0.15) is 16.9 Å². The number of hydrogen-bond acceptors (Lipinski definition) is 2. The zero-order valence-electron chi connectivity index (χ0n) is 12.8. The molecule has 1 aliphatic rings. The molecule has 2 nitrogen and oxygen atoms in total. The maximum Gasteiger partial charge on any atom is 0.134 e. The Bertz CT molecular complexity index is 807. The quantitative estimate of drug-likeness (QED) is 0.662. The van der Waals surface area contributed by atoms with Crippen LogP contribution in [0.3, 0.4) is 0 Å². The van der Waals surface area contributed by atoms with Gasteiger partial charge in [0.05, 0.1) is 6.54 Å². The first kappa shape index (κ1) is 14.6. The van der Waals surface area contributed by atoms with Gasteiger partial charge in [-0.25, -0.2) is 0 Å². The summed E-state index contributed by atoms with van der Waals surface area (Å²) >= 11 is 5.94. The first-order chi connectivity index (χ1) is 11.3. The zero-order chi connectivity index (χ0) is 15.6. The van der Waals surface area contributed by atoms with Crippen molar-refractivity contribution in [1.82, 2.24) is 4.90 Å². The van der Waals surface area contributed by atoms with Crippen LogP contribution >= 0.6 is 11.6 Å². The molecule has 3 aromatic rings. The number of rotatable bonds is 3. The highest BCUT2D eigenvalue weighted by Gasteiger charge is 2.17. The lowest BCUT2D eigenvalue weighted by Crippen LogP contribution is -2.29. The van der Waals surface area contributed by atoms with Crippen molar-refractivity contribution >= 4 is 11.6 Å². The molecule has 0 spiro atoms. The second-order valence-corrected chi connectivity index (χ2v) is 6.44. The zero-order valence-corrected chi connectivity index (χ0v) is 13.6. The number of hydrogen-bond donors (Lipinski definition) is 0. The van der Waals surface area contributed by atoms with E-state index in [-0.39, 0.29) is 0 Å². The Morgan fingerprint density at radius 3 is 2.52 bits per heavy atom. The third-order valence-corrected chi connectivity index (χ3v) is 4.63. The average molecular weight is 324 g/mol. The second-order valence-electron chi connectivity index (χ2n) is 6.00. The highest BCUT2D eigenvalue weighted by molar-refractivity contribution is 6.30. The number of nitrogens with zero attached hydrogens (tertiary/aromatic N) is 1. The summed E-state index contributed by atoms with van der Waals surface area (Å²) in [6, 6.07) is 20.6. The molecule has 0 amide bonds. The maximum absolute atomic E-state index is 6.02. The van der Waals surface area contributed by atoms with Crippen LogP contribution in [0, 0.1) is 0 Å². The largest absolute Gasteiger partial charge is 0.460 e. The summed E-state index contributed by atoms with van der Waals surface area (Å²) in [4.78, 5) is 2.44. The standard InChI is InChI=1S/C20H18ClNO/c21-18-7-5-16(6-8-18)20-10-9-19(23-20)14-22-12-11-15-3-1-2-4-17(15)13-22/h1-10H,11-14H2. The third-order valence-electron chi connectivity index (χ3n) is 4.38. The van der Waals surface area contributed by atoms with Gasteiger partial charge in [-0.2, -0.15) is 0 Å². The van der Waals surface area contributed by atoms with E-state index in [1.807, 2.05) is 30.3 Å². The fraction of sp³-hybridized carbons (Fsp3) is 0.200. The van der Waals surface area contributed by atoms with Gasteiger partial charge in [0.2, 0.25) is 0 Å². The predicted molar refractivity (Wildman–Crippen MR) is 93.4 cm³/mol. The van der Waals surface area contributed by atoms with Crippen LogP contribution in [0.15, 0.2) is 65.1 Å². The summed E-state index contributed by atoms with van der Waals surface area (Å²) in [7, 11) is 0. The Morgan fingerprint density at radius 1 is 0.913 bits per heavy atom. The molecule has 2 heterocycles. The molecule has 0 bridgehead atoms. The van der Waals surface area contributed by atoms with Gasteiger partial charge in [0.25, 0.3) is 0 Å². The van der Waals surface area contributed by atoms with Crippen molar-refractivity contribution in [3.8, 4) is 11.3 Å². The molecule has 0 fully saturated rings. The van der Waals surface area contributed by atoms with E-state index < -0.39 is 0 Å². The smallest absolute Gasteiger partial charge is 0.134 e. The van der Waals surface area contributed by atoms with Crippen molar-refractivity contribution in [2.24, 2.45) is 0 Å². The molecule has 1 aliphatic heterocycles. The Hall–Kier alpha value is -2.03. The molecule has 116 valence electrons. The summed E-state index contributed by atoms with van der Waals surface area (Å²) in [6.07, 6.45) is 1.11. The molecule has 0 saturated carbocycles. The lowest BCUT2D eigenvalue weighted by atomic mass is 10.00. The van der Waals surface area contributed by atoms with E-state index >= 15 is 0 Å². The molecule has 2 aromatic carbocycles. The minimum Gasteiger partial charge on any atom is -0.460 e. The molecule has 0 unspecified atom stereocenters. The normalized spacial score (nSPS) is 14.7. The molecule has 23 heavy (non-hydrogen) atoms. The van der Waals surface area contributed by atoms with Crippen molar-refractivity contribution < 1.29 is 4.42 Å². The van der Waals surface area contributed by atoms with E-state index in [2.05, 4.69) is 35.2 Å². The highest BCUT2D eigenvalue weighted by atomic mass is 35.5. The van der Waals surface area contributed by atoms with Crippen molar-refractivity contribution in [2.75, 3.05) is 6.54 Å². The molecule has 0 N–H and O–H groups in total. The minimum absolute atomic E-state index is 0.743. The van der Waals surface area contributed by atoms with E-state index in [1.165, 1.54) is 11.1 Å². The topological polar surface area (TPSA) is 16.4 Å². The first-order valence-corrected chi connectivity index (χ1v) is 8.29. The average Bonchev–Trinajstić information content (AvgIpc) is 3.04. The molecular weight excluding hydrogens is 306 g/mol. The molecule has 0 aliphatic carbocycles. The molecular formula is C20H18ClNO. The van der Waals surface area contributed by atoms with Crippen LogP contribution in [0.4, 0.5) is 0 Å². The van der Waals surface area contributed by atoms with Crippen LogP contribution in [0.2, 0.25) is 5.02 Å². The van der Waals surface area contributed by atoms with Gasteiger partial charge >= 0.3 is 0 Å². The SMILES string of the molecule is Clc1ccc(-c2ccc(CN3CCc4ccccc4C3)o2)cc1. The minimum atomic E-state index is 0.743. The number of halogens is 1. The van der Waals surface area contributed by atoms with Gasteiger partial charge in [-0.05, 0) is 53.9 Å². The van der Waals surface area contributed by atoms with Gasteiger partial charge in [-0.1, -0.05) is 35.9 Å². The summed E-state index contributed by atoms with van der Waals surface area (Å²) in [5.41, 5.74) is 3.97. The van der Waals surface area contributed by atoms with Gasteiger partial charge in [-0.3, -0.25) is 4.90 Å². The third kappa shape index (κ3) is 3.19. The molecule has 0 radical (unpaired) electrons. The van der Waals surface area contributed by atoms with Crippen molar-refractivity contribution in [3.63, 3.8) is 0 Å². The fourth-order valence-electron chi connectivity index (χ4n) is 3.14. The highest BCUT2D eigenvalue weighted by Crippen LogP contribution is 2.26. The summed E-state index contributed by atoms with van der Waals surface area (Å²) < 4.78 is 6.02. The Morgan fingerprint density at radius 2 is 1.70 bits per heavy atom. The lowest BCUT2D eigenvalue weighted by Gasteiger charge is -2.27. The van der Waals surface area contributed by atoms with E-state index in [0.29, 0.717) is 0 Å². The Labute approximate surface area is 141 Å². The van der Waals surface area contributed by atoms with Gasteiger partial charge in [-0.15, -0.1) is 0 Å². The molecule has 1 aromatic heterocycles. The first-order valence-electron chi connectivity index (χ1n) is 7.92. The Balaban J connectivity index is 1.47.